The van der Waals surface area contributed by atoms with Gasteiger partial charge in [-0.2, -0.15) is 26.3 Å². The van der Waals surface area contributed by atoms with Crippen molar-refractivity contribution in [3.05, 3.63) is 81.9 Å². The van der Waals surface area contributed by atoms with E-state index in [-0.39, 0.29) is 47.4 Å². The average Bonchev–Trinajstić information content (AvgIpc) is 3.20. The summed E-state index contributed by atoms with van der Waals surface area (Å²) in [6.45, 7) is -0.267. The molecule has 3 aliphatic rings. The zero-order valence-electron chi connectivity index (χ0n) is 20.0. The highest BCUT2D eigenvalue weighted by molar-refractivity contribution is 6.15. The fourth-order valence-electron chi connectivity index (χ4n) is 4.36. The summed E-state index contributed by atoms with van der Waals surface area (Å²) < 4.78 is 104. The number of rotatable bonds is 6. The van der Waals surface area contributed by atoms with E-state index in [1.807, 2.05) is 0 Å². The van der Waals surface area contributed by atoms with Crippen molar-refractivity contribution < 1.29 is 45.0 Å². The van der Waals surface area contributed by atoms with Gasteiger partial charge in [0.25, 0.3) is 0 Å². The number of esters is 1. The zero-order valence-corrected chi connectivity index (χ0v) is 20.0. The van der Waals surface area contributed by atoms with E-state index >= 15 is 4.39 Å². The standard InChI is InChI=1S/C27H19F7N2O3/c28-20-18(21-23(39-25(37)27(32,33)34)19-5-2-12-35-24(19)36-21)11-10-17(15-3-1-4-15)22(20)38-13-14-6-8-16(9-7-14)26(29,30)31/h5-12,15H,1-4,13H2. The molecule has 0 atom stereocenters. The monoisotopic (exact) mass is 552 g/mol. The number of ether oxygens (including phenoxy) is 2. The van der Waals surface area contributed by atoms with E-state index in [1.165, 1.54) is 30.5 Å². The van der Waals surface area contributed by atoms with Gasteiger partial charge in [0.2, 0.25) is 0 Å². The van der Waals surface area contributed by atoms with Gasteiger partial charge >= 0.3 is 18.3 Å². The lowest BCUT2D eigenvalue weighted by molar-refractivity contribution is -0.194. The van der Waals surface area contributed by atoms with Crippen molar-refractivity contribution in [3.8, 4) is 5.75 Å². The van der Waals surface area contributed by atoms with Crippen molar-refractivity contribution >= 4 is 23.7 Å². The topological polar surface area (TPSA) is 60.2 Å². The maximum atomic E-state index is 16.1. The summed E-state index contributed by atoms with van der Waals surface area (Å²) in [5.41, 5.74) is -0.587. The summed E-state index contributed by atoms with van der Waals surface area (Å²) in [6, 6.07) is 7.09. The van der Waals surface area contributed by atoms with Crippen LogP contribution in [0.4, 0.5) is 30.7 Å². The summed E-state index contributed by atoms with van der Waals surface area (Å²) in [4.78, 5) is 19.8. The second-order valence-electron chi connectivity index (χ2n) is 9.12. The van der Waals surface area contributed by atoms with Gasteiger partial charge in [-0.1, -0.05) is 30.7 Å². The Morgan fingerprint density at radius 1 is 1.00 bits per heavy atom. The van der Waals surface area contributed by atoms with Crippen molar-refractivity contribution in [3.63, 3.8) is 0 Å². The Kier molecular flexibility index (Phi) is 6.81. The molecule has 2 aromatic carbocycles. The average molecular weight is 552 g/mol. The molecular formula is C27H19F7N2O3. The molecule has 39 heavy (non-hydrogen) atoms. The van der Waals surface area contributed by atoms with E-state index in [0.29, 0.717) is 11.1 Å². The van der Waals surface area contributed by atoms with Crippen LogP contribution < -0.4 is 4.74 Å². The first kappa shape index (κ1) is 26.6. The lowest BCUT2D eigenvalue weighted by atomic mass is 9.79. The molecule has 204 valence electrons. The molecule has 1 fully saturated rings. The van der Waals surface area contributed by atoms with Gasteiger partial charge in [0.1, 0.15) is 12.3 Å². The Morgan fingerprint density at radius 2 is 1.72 bits per heavy atom. The van der Waals surface area contributed by atoms with Crippen LogP contribution in [0, 0.1) is 5.82 Å². The highest BCUT2D eigenvalue weighted by Crippen LogP contribution is 2.45. The third-order valence-corrected chi connectivity index (χ3v) is 6.58. The van der Waals surface area contributed by atoms with Crippen LogP contribution in [-0.2, 0) is 22.3 Å². The van der Waals surface area contributed by atoms with Gasteiger partial charge in [0.15, 0.2) is 23.2 Å². The highest BCUT2D eigenvalue weighted by atomic mass is 19.4. The molecule has 0 spiro atoms. The third kappa shape index (κ3) is 5.32. The summed E-state index contributed by atoms with van der Waals surface area (Å²) in [7, 11) is 0. The normalized spacial score (nSPS) is 17.4. The van der Waals surface area contributed by atoms with Crippen LogP contribution in [-0.4, -0.2) is 24.2 Å². The van der Waals surface area contributed by atoms with Crippen LogP contribution in [0.1, 0.15) is 53.9 Å². The lowest BCUT2D eigenvalue weighted by Gasteiger charge is -2.28. The fourth-order valence-corrected chi connectivity index (χ4v) is 4.36. The number of allylic oxidation sites excluding steroid dienone is 1. The number of nitrogens with zero attached hydrogens (tertiary/aromatic N) is 2. The Balaban J connectivity index is 1.53. The van der Waals surface area contributed by atoms with E-state index in [0.717, 1.165) is 31.4 Å². The number of hydrogen-bond donors (Lipinski definition) is 0. The van der Waals surface area contributed by atoms with E-state index in [4.69, 9.17) is 4.74 Å². The molecule has 2 aliphatic heterocycles. The summed E-state index contributed by atoms with van der Waals surface area (Å²) in [5, 5.41) is 0. The SMILES string of the molecule is O=C(OC1=C(c2ccc(C3CCC3)c(OCc3ccc(C(F)(F)F)cc3)c2F)N=C2N=CCC=C21)C(F)(F)F. The van der Waals surface area contributed by atoms with Crippen molar-refractivity contribution in [2.24, 2.45) is 9.98 Å². The van der Waals surface area contributed by atoms with E-state index in [2.05, 4.69) is 14.7 Å². The molecule has 2 aromatic rings. The molecule has 0 radical (unpaired) electrons. The van der Waals surface area contributed by atoms with Gasteiger partial charge in [-0.3, -0.25) is 0 Å². The molecule has 2 heterocycles. The Morgan fingerprint density at radius 3 is 2.33 bits per heavy atom. The summed E-state index contributed by atoms with van der Waals surface area (Å²) in [5.74, 6) is -4.28. The molecule has 12 heteroatoms. The molecule has 1 saturated carbocycles. The van der Waals surface area contributed by atoms with Gasteiger partial charge in [-0.25, -0.2) is 19.2 Å². The first-order valence-corrected chi connectivity index (χ1v) is 11.9. The molecule has 0 unspecified atom stereocenters. The van der Waals surface area contributed by atoms with Crippen molar-refractivity contribution in [2.75, 3.05) is 0 Å². The number of halogens is 7. The first-order valence-electron chi connectivity index (χ1n) is 11.9. The predicted molar refractivity (Wildman–Crippen MR) is 126 cm³/mol. The number of fused-ring (bicyclic) bond motifs is 1. The van der Waals surface area contributed by atoms with Crippen molar-refractivity contribution in [1.29, 1.82) is 0 Å². The fraction of sp³-hybridized carbons (Fsp3) is 0.296. The number of carbonyl (C=O) groups is 1. The predicted octanol–water partition coefficient (Wildman–Crippen LogP) is 7.28. The Labute approximate surface area is 217 Å². The Bertz CT molecular complexity index is 1430. The van der Waals surface area contributed by atoms with Crippen molar-refractivity contribution in [1.82, 2.24) is 0 Å². The molecule has 0 amide bonds. The largest absolute Gasteiger partial charge is 0.491 e. The van der Waals surface area contributed by atoms with Crippen LogP contribution in [0.5, 0.6) is 5.75 Å². The van der Waals surface area contributed by atoms with Gasteiger partial charge < -0.3 is 9.47 Å². The lowest BCUT2D eigenvalue weighted by Crippen LogP contribution is -2.26. The smallest absolute Gasteiger partial charge is 0.486 e. The molecule has 0 aromatic heterocycles. The van der Waals surface area contributed by atoms with Gasteiger partial charge in [-0.15, -0.1) is 0 Å². The van der Waals surface area contributed by atoms with Crippen LogP contribution >= 0.6 is 0 Å². The number of dihydropyridines is 1. The molecule has 0 N–H and O–H groups in total. The van der Waals surface area contributed by atoms with E-state index < -0.39 is 35.5 Å². The molecule has 5 nitrogen and oxygen atoms in total. The zero-order chi connectivity index (χ0) is 27.9. The van der Waals surface area contributed by atoms with E-state index in [1.54, 1.807) is 6.07 Å². The first-order chi connectivity index (χ1) is 18.4. The number of carbonyl (C=O) groups excluding carboxylic acids is 1. The van der Waals surface area contributed by atoms with Crippen LogP contribution in [0.25, 0.3) is 5.70 Å². The number of hydrogen-bond acceptors (Lipinski definition) is 5. The van der Waals surface area contributed by atoms with Crippen LogP contribution in [0.3, 0.4) is 0 Å². The van der Waals surface area contributed by atoms with Gasteiger partial charge in [-0.05, 0) is 42.5 Å². The number of amidine groups is 1. The number of benzene rings is 2. The second kappa shape index (κ2) is 9.97. The maximum Gasteiger partial charge on any atom is 0.491 e. The summed E-state index contributed by atoms with van der Waals surface area (Å²) >= 11 is 0. The molecular weight excluding hydrogens is 533 g/mol. The maximum absolute atomic E-state index is 16.1. The summed E-state index contributed by atoms with van der Waals surface area (Å²) in [6.07, 6.45) is -4.25. The third-order valence-electron chi connectivity index (χ3n) is 6.58. The van der Waals surface area contributed by atoms with Gasteiger partial charge in [0.05, 0.1) is 11.1 Å². The molecule has 0 saturated heterocycles. The molecule has 1 aliphatic carbocycles. The number of aliphatic imine (C=N–C) groups is 2. The highest BCUT2D eigenvalue weighted by Gasteiger charge is 2.44. The quantitative estimate of drug-likeness (QED) is 0.280. The minimum absolute atomic E-state index is 0.0276. The molecule has 0 bridgehead atoms. The minimum atomic E-state index is -5.30. The minimum Gasteiger partial charge on any atom is -0.486 e. The van der Waals surface area contributed by atoms with Crippen molar-refractivity contribution in [2.45, 2.75) is 50.6 Å². The van der Waals surface area contributed by atoms with E-state index in [9.17, 15) is 31.1 Å². The van der Waals surface area contributed by atoms with Gasteiger partial charge in [0, 0.05) is 23.8 Å². The molecule has 5 rings (SSSR count). The number of alkyl halides is 6. The van der Waals surface area contributed by atoms with Crippen LogP contribution in [0.15, 0.2) is 63.8 Å². The Hall–Kier alpha value is -3.96. The second-order valence-corrected chi connectivity index (χ2v) is 9.12. The van der Waals surface area contributed by atoms with Crippen LogP contribution in [0.2, 0.25) is 0 Å².